The fourth-order valence-corrected chi connectivity index (χ4v) is 5.17. The number of benzene rings is 3. The van der Waals surface area contributed by atoms with E-state index < -0.39 is 0 Å². The summed E-state index contributed by atoms with van der Waals surface area (Å²) < 4.78 is 11.6. The molecule has 0 saturated carbocycles. The van der Waals surface area contributed by atoms with Crippen molar-refractivity contribution in [1.82, 2.24) is 4.90 Å². The van der Waals surface area contributed by atoms with E-state index >= 15 is 0 Å². The fraction of sp³-hybridized carbons (Fsp3) is 0.321. The number of carbonyl (C=O) groups excluding carboxylic acids is 1. The highest BCUT2D eigenvalue weighted by atomic mass is 32.2. The summed E-state index contributed by atoms with van der Waals surface area (Å²) in [7, 11) is 1.64. The third-order valence-corrected chi connectivity index (χ3v) is 7.12. The van der Waals surface area contributed by atoms with Crippen molar-refractivity contribution in [3.8, 4) is 11.5 Å². The van der Waals surface area contributed by atoms with E-state index in [1.54, 1.807) is 18.9 Å². The number of ether oxygens (including phenoxy) is 2. The van der Waals surface area contributed by atoms with Gasteiger partial charge in [-0.15, -0.1) is 11.8 Å². The maximum absolute atomic E-state index is 13.4. The Morgan fingerprint density at radius 1 is 1.00 bits per heavy atom. The van der Waals surface area contributed by atoms with Crippen molar-refractivity contribution in [1.29, 1.82) is 0 Å². The van der Waals surface area contributed by atoms with Gasteiger partial charge >= 0.3 is 0 Å². The molecular formula is C28H31NO3S. The van der Waals surface area contributed by atoms with Gasteiger partial charge in [0.05, 0.1) is 7.11 Å². The van der Waals surface area contributed by atoms with Crippen LogP contribution in [0, 0.1) is 0 Å². The van der Waals surface area contributed by atoms with Crippen molar-refractivity contribution in [3.63, 3.8) is 0 Å². The van der Waals surface area contributed by atoms with E-state index in [-0.39, 0.29) is 16.7 Å². The summed E-state index contributed by atoms with van der Waals surface area (Å²) in [4.78, 5) is 15.3. The molecule has 1 fully saturated rings. The van der Waals surface area contributed by atoms with E-state index in [0.717, 1.165) is 29.0 Å². The molecule has 5 heteroatoms. The average molecular weight is 462 g/mol. The minimum Gasteiger partial charge on any atom is -0.493 e. The summed E-state index contributed by atoms with van der Waals surface area (Å²) >= 11 is 1.78. The second-order valence-corrected chi connectivity index (χ2v) is 10.4. The van der Waals surface area contributed by atoms with Gasteiger partial charge < -0.3 is 14.4 Å². The van der Waals surface area contributed by atoms with Gasteiger partial charge in [0.25, 0.3) is 5.91 Å². The highest BCUT2D eigenvalue weighted by Crippen LogP contribution is 2.42. The third-order valence-electron chi connectivity index (χ3n) is 5.86. The maximum Gasteiger partial charge on any atom is 0.255 e. The van der Waals surface area contributed by atoms with Gasteiger partial charge in [-0.25, -0.2) is 0 Å². The van der Waals surface area contributed by atoms with Crippen molar-refractivity contribution in [3.05, 3.63) is 95.1 Å². The van der Waals surface area contributed by atoms with Crippen LogP contribution in [0.1, 0.15) is 53.2 Å². The van der Waals surface area contributed by atoms with E-state index in [9.17, 15) is 4.79 Å². The summed E-state index contributed by atoms with van der Waals surface area (Å²) in [5, 5.41) is -0.0511. The number of thioether (sulfide) groups is 1. The van der Waals surface area contributed by atoms with Gasteiger partial charge in [-0.1, -0.05) is 69.3 Å². The molecule has 0 N–H and O–H groups in total. The number of methoxy groups -OCH3 is 1. The first kappa shape index (κ1) is 23.2. The molecule has 0 bridgehead atoms. The van der Waals surface area contributed by atoms with E-state index in [1.165, 1.54) is 5.56 Å². The van der Waals surface area contributed by atoms with Crippen LogP contribution in [0.5, 0.6) is 11.5 Å². The zero-order chi connectivity index (χ0) is 23.4. The Labute approximate surface area is 200 Å². The van der Waals surface area contributed by atoms with Gasteiger partial charge in [-0.3, -0.25) is 4.79 Å². The molecule has 0 radical (unpaired) electrons. The predicted octanol–water partition coefficient (Wildman–Crippen LogP) is 6.46. The number of amides is 1. The average Bonchev–Trinajstić information content (AvgIpc) is 3.32. The van der Waals surface area contributed by atoms with Gasteiger partial charge in [-0.2, -0.15) is 0 Å². The molecule has 1 heterocycles. The van der Waals surface area contributed by atoms with Crippen LogP contribution in [0.3, 0.4) is 0 Å². The first-order valence-corrected chi connectivity index (χ1v) is 12.3. The first-order valence-electron chi connectivity index (χ1n) is 11.2. The molecule has 0 aliphatic carbocycles. The predicted molar refractivity (Wildman–Crippen MR) is 135 cm³/mol. The zero-order valence-corrected chi connectivity index (χ0v) is 20.5. The molecule has 3 aromatic carbocycles. The Balaban J connectivity index is 1.54. The highest BCUT2D eigenvalue weighted by molar-refractivity contribution is 7.99. The molecule has 1 amide bonds. The molecular weight excluding hydrogens is 430 g/mol. The first-order chi connectivity index (χ1) is 15.9. The molecule has 3 aromatic rings. The van der Waals surface area contributed by atoms with Crippen LogP contribution in [-0.2, 0) is 12.0 Å². The van der Waals surface area contributed by atoms with Crippen LogP contribution in [0.2, 0.25) is 0 Å². The van der Waals surface area contributed by atoms with Crippen LogP contribution >= 0.6 is 11.8 Å². The lowest BCUT2D eigenvalue weighted by atomic mass is 9.86. The Bertz CT molecular complexity index is 1090. The molecule has 33 heavy (non-hydrogen) atoms. The standard InChI is InChI=1S/C28H31NO3S/c1-28(2,3)23-13-10-21(11-14-23)26(30)29-16-17-33-27(29)22-12-15-24(31-4)25(18-22)32-19-20-8-6-5-7-9-20/h5-15,18,27H,16-17,19H2,1-4H3. The summed E-state index contributed by atoms with van der Waals surface area (Å²) in [5.41, 5.74) is 4.15. The topological polar surface area (TPSA) is 38.8 Å². The van der Waals surface area contributed by atoms with Gasteiger partial charge in [-0.05, 0) is 46.4 Å². The lowest BCUT2D eigenvalue weighted by molar-refractivity contribution is 0.0760. The number of carbonyl (C=O) groups is 1. The second kappa shape index (κ2) is 9.92. The summed E-state index contributed by atoms with van der Waals surface area (Å²) in [5.74, 6) is 2.34. The smallest absolute Gasteiger partial charge is 0.255 e. The molecule has 1 aliphatic heterocycles. The largest absolute Gasteiger partial charge is 0.493 e. The van der Waals surface area contributed by atoms with Gasteiger partial charge in [0.15, 0.2) is 11.5 Å². The van der Waals surface area contributed by atoms with Crippen molar-refractivity contribution >= 4 is 17.7 Å². The fourth-order valence-electron chi connectivity index (χ4n) is 3.93. The number of rotatable bonds is 6. The molecule has 1 unspecified atom stereocenters. The Morgan fingerprint density at radius 2 is 1.73 bits per heavy atom. The zero-order valence-electron chi connectivity index (χ0n) is 19.7. The number of hydrogen-bond donors (Lipinski definition) is 0. The van der Waals surface area contributed by atoms with Gasteiger partial charge in [0.1, 0.15) is 12.0 Å². The minimum atomic E-state index is -0.0511. The number of hydrogen-bond acceptors (Lipinski definition) is 4. The molecule has 4 nitrogen and oxygen atoms in total. The second-order valence-electron chi connectivity index (χ2n) is 9.23. The van der Waals surface area contributed by atoms with Gasteiger partial charge in [0.2, 0.25) is 0 Å². The molecule has 4 rings (SSSR count). The summed E-state index contributed by atoms with van der Waals surface area (Å²) in [6, 6.07) is 24.0. The SMILES string of the molecule is COc1ccc(C2SCCN2C(=O)c2ccc(C(C)(C)C)cc2)cc1OCc1ccccc1. The van der Waals surface area contributed by atoms with E-state index in [1.807, 2.05) is 65.6 Å². The quantitative estimate of drug-likeness (QED) is 0.422. The van der Waals surface area contributed by atoms with Crippen molar-refractivity contribution in [2.45, 2.75) is 38.2 Å². The lowest BCUT2D eigenvalue weighted by Crippen LogP contribution is -2.30. The van der Waals surface area contributed by atoms with Gasteiger partial charge in [0, 0.05) is 17.9 Å². The van der Waals surface area contributed by atoms with E-state index in [2.05, 4.69) is 32.9 Å². The Morgan fingerprint density at radius 3 is 2.39 bits per heavy atom. The molecule has 172 valence electrons. The van der Waals surface area contributed by atoms with Crippen molar-refractivity contribution in [2.75, 3.05) is 19.4 Å². The van der Waals surface area contributed by atoms with Crippen molar-refractivity contribution < 1.29 is 14.3 Å². The lowest BCUT2D eigenvalue weighted by Gasteiger charge is -2.25. The van der Waals surface area contributed by atoms with Crippen LogP contribution in [0.4, 0.5) is 0 Å². The molecule has 0 spiro atoms. The van der Waals surface area contributed by atoms with Crippen molar-refractivity contribution in [2.24, 2.45) is 0 Å². The summed E-state index contributed by atoms with van der Waals surface area (Å²) in [6.07, 6.45) is 0. The Hall–Kier alpha value is -2.92. The van der Waals surface area contributed by atoms with E-state index in [4.69, 9.17) is 9.47 Å². The molecule has 1 aliphatic rings. The Kier molecular flexibility index (Phi) is 6.99. The monoisotopic (exact) mass is 461 g/mol. The minimum absolute atomic E-state index is 0.0511. The number of nitrogens with zero attached hydrogens (tertiary/aromatic N) is 1. The molecule has 0 aromatic heterocycles. The van der Waals surface area contributed by atoms with Crippen LogP contribution in [0.25, 0.3) is 0 Å². The normalized spacial score (nSPS) is 16.0. The third kappa shape index (κ3) is 5.36. The maximum atomic E-state index is 13.4. The summed E-state index contributed by atoms with van der Waals surface area (Å²) in [6.45, 7) is 7.72. The highest BCUT2D eigenvalue weighted by Gasteiger charge is 2.32. The van der Waals surface area contributed by atoms with Crippen LogP contribution in [-0.4, -0.2) is 30.2 Å². The van der Waals surface area contributed by atoms with Crippen LogP contribution in [0.15, 0.2) is 72.8 Å². The van der Waals surface area contributed by atoms with Crippen LogP contribution < -0.4 is 9.47 Å². The molecule has 1 atom stereocenters. The molecule has 1 saturated heterocycles. The van der Waals surface area contributed by atoms with E-state index in [0.29, 0.717) is 18.1 Å².